The fraction of sp³-hybridized carbons (Fsp3) is 1.00. The highest BCUT2D eigenvalue weighted by Gasteiger charge is 2.24. The van der Waals surface area contributed by atoms with E-state index in [0.717, 1.165) is 17.8 Å². The van der Waals surface area contributed by atoms with Crippen molar-refractivity contribution in [3.05, 3.63) is 0 Å². The van der Waals surface area contributed by atoms with Crippen LogP contribution in [0, 0.1) is 17.8 Å². The molecule has 5 heterocycles. The zero-order valence-corrected chi connectivity index (χ0v) is 11.2. The van der Waals surface area contributed by atoms with E-state index in [9.17, 15) is 0 Å². The molecule has 17 heavy (non-hydrogen) atoms. The van der Waals surface area contributed by atoms with Gasteiger partial charge < -0.3 is 10.2 Å². The Morgan fingerprint density at radius 3 is 1.35 bits per heavy atom. The molecular formula is C15H28N2. The molecule has 6 aliphatic rings. The lowest BCUT2D eigenvalue weighted by molar-refractivity contribution is 0.111. The first-order chi connectivity index (χ1) is 8.40. The molecule has 1 aliphatic carbocycles. The van der Waals surface area contributed by atoms with Gasteiger partial charge in [0.05, 0.1) is 0 Å². The molecule has 6 rings (SSSR count). The van der Waals surface area contributed by atoms with E-state index < -0.39 is 0 Å². The van der Waals surface area contributed by atoms with Gasteiger partial charge in [0.15, 0.2) is 0 Å². The highest BCUT2D eigenvalue weighted by atomic mass is 15.1. The van der Waals surface area contributed by atoms with E-state index in [-0.39, 0.29) is 0 Å². The first kappa shape index (κ1) is 12.0. The summed E-state index contributed by atoms with van der Waals surface area (Å²) in [5.41, 5.74) is 0. The zero-order valence-electron chi connectivity index (χ0n) is 11.2. The molecule has 6 fully saturated rings. The van der Waals surface area contributed by atoms with Crippen molar-refractivity contribution in [3.63, 3.8) is 0 Å². The molecule has 2 nitrogen and oxygen atoms in total. The fourth-order valence-corrected chi connectivity index (χ4v) is 4.00. The maximum atomic E-state index is 3.51. The van der Waals surface area contributed by atoms with Crippen LogP contribution in [0.5, 0.6) is 0 Å². The highest BCUT2D eigenvalue weighted by Crippen LogP contribution is 2.30. The van der Waals surface area contributed by atoms with Crippen LogP contribution in [0.1, 0.15) is 44.9 Å². The van der Waals surface area contributed by atoms with E-state index in [4.69, 9.17) is 0 Å². The third-order valence-corrected chi connectivity index (χ3v) is 5.39. The standard InChI is InChI=1S/C8H15N.C7H13N/c1-2-8-4-3-7(1)5-9-6-8;1-4-8-5-2-7(1)3-6-8/h7-9H,1-6H2;7H,1-6H2. The molecule has 0 aromatic heterocycles. The molecule has 1 N–H and O–H groups in total. The summed E-state index contributed by atoms with van der Waals surface area (Å²) in [6.45, 7) is 6.78. The second kappa shape index (κ2) is 5.71. The van der Waals surface area contributed by atoms with E-state index in [1.807, 2.05) is 0 Å². The van der Waals surface area contributed by atoms with E-state index in [2.05, 4.69) is 10.2 Å². The quantitative estimate of drug-likeness (QED) is 0.695. The Balaban J connectivity index is 0.000000107. The van der Waals surface area contributed by atoms with Gasteiger partial charge in [0.25, 0.3) is 0 Å². The largest absolute Gasteiger partial charge is 0.316 e. The fourth-order valence-electron chi connectivity index (χ4n) is 4.00. The van der Waals surface area contributed by atoms with Crippen molar-refractivity contribution in [2.45, 2.75) is 44.9 Å². The summed E-state index contributed by atoms with van der Waals surface area (Å²) < 4.78 is 0. The first-order valence-electron chi connectivity index (χ1n) is 7.83. The van der Waals surface area contributed by atoms with Gasteiger partial charge in [-0.25, -0.2) is 0 Å². The molecule has 4 bridgehead atoms. The monoisotopic (exact) mass is 236 g/mol. The van der Waals surface area contributed by atoms with Gasteiger partial charge >= 0.3 is 0 Å². The summed E-state index contributed by atoms with van der Waals surface area (Å²) in [4.78, 5) is 2.58. The average molecular weight is 236 g/mol. The van der Waals surface area contributed by atoms with E-state index in [1.54, 1.807) is 0 Å². The smallest absolute Gasteiger partial charge is 0.00161 e. The molecule has 0 atom stereocenters. The van der Waals surface area contributed by atoms with E-state index in [1.165, 1.54) is 77.7 Å². The molecular weight excluding hydrogens is 208 g/mol. The maximum absolute atomic E-state index is 3.51. The highest BCUT2D eigenvalue weighted by molar-refractivity contribution is 4.80. The van der Waals surface area contributed by atoms with Crippen LogP contribution >= 0.6 is 0 Å². The molecule has 0 amide bonds. The van der Waals surface area contributed by atoms with Crippen LogP contribution in [0.3, 0.4) is 0 Å². The molecule has 0 aromatic rings. The predicted molar refractivity (Wildman–Crippen MR) is 72.1 cm³/mol. The third kappa shape index (κ3) is 3.23. The van der Waals surface area contributed by atoms with Crippen LogP contribution in [0.15, 0.2) is 0 Å². The summed E-state index contributed by atoms with van der Waals surface area (Å²) >= 11 is 0. The Hall–Kier alpha value is -0.0800. The van der Waals surface area contributed by atoms with Crippen LogP contribution in [0.2, 0.25) is 0 Å². The second-order valence-electron chi connectivity index (χ2n) is 6.62. The molecule has 5 aliphatic heterocycles. The average Bonchev–Trinajstić information content (AvgIpc) is 2.79. The van der Waals surface area contributed by atoms with Crippen molar-refractivity contribution >= 4 is 0 Å². The predicted octanol–water partition coefficient (Wildman–Crippen LogP) is 2.50. The van der Waals surface area contributed by atoms with Gasteiger partial charge in [0.1, 0.15) is 0 Å². The number of piperidine rings is 3. The van der Waals surface area contributed by atoms with Gasteiger partial charge in [0, 0.05) is 0 Å². The summed E-state index contributed by atoms with van der Waals surface area (Å²) in [6.07, 6.45) is 10.4. The number of nitrogens with one attached hydrogen (secondary N) is 1. The van der Waals surface area contributed by atoms with Crippen LogP contribution in [0.4, 0.5) is 0 Å². The summed E-state index contributed by atoms with van der Waals surface area (Å²) in [5.74, 6) is 3.17. The number of fused-ring (bicyclic) bond motifs is 7. The minimum atomic E-state index is 1.03. The van der Waals surface area contributed by atoms with Crippen LogP contribution < -0.4 is 5.32 Å². The van der Waals surface area contributed by atoms with Gasteiger partial charge in [-0.05, 0) is 95.4 Å². The molecule has 0 aromatic carbocycles. The number of nitrogens with zero attached hydrogens (tertiary/aromatic N) is 1. The number of rotatable bonds is 0. The van der Waals surface area contributed by atoms with Crippen molar-refractivity contribution in [1.82, 2.24) is 10.2 Å². The summed E-state index contributed by atoms with van der Waals surface area (Å²) in [5, 5.41) is 3.51. The van der Waals surface area contributed by atoms with Crippen molar-refractivity contribution in [2.24, 2.45) is 17.8 Å². The normalized spacial score (nSPS) is 43.8. The van der Waals surface area contributed by atoms with E-state index in [0.29, 0.717) is 0 Å². The Labute approximate surface area is 106 Å². The zero-order chi connectivity index (χ0) is 11.5. The second-order valence-corrected chi connectivity index (χ2v) is 6.62. The van der Waals surface area contributed by atoms with Crippen LogP contribution in [0.25, 0.3) is 0 Å². The van der Waals surface area contributed by atoms with E-state index >= 15 is 0 Å². The first-order valence-corrected chi connectivity index (χ1v) is 7.83. The lowest BCUT2D eigenvalue weighted by Gasteiger charge is -2.38. The Kier molecular flexibility index (Phi) is 4.02. The number of hydrogen-bond acceptors (Lipinski definition) is 2. The Bertz CT molecular complexity index is 185. The SMILES string of the molecule is C1CC2CCC1CNC2.C1CN2CCC1CC2. The molecule has 1 saturated carbocycles. The van der Waals surface area contributed by atoms with Crippen molar-refractivity contribution in [1.29, 1.82) is 0 Å². The van der Waals surface area contributed by atoms with Crippen molar-refractivity contribution in [3.8, 4) is 0 Å². The summed E-state index contributed by atoms with van der Waals surface area (Å²) in [7, 11) is 0. The maximum Gasteiger partial charge on any atom is -0.00161 e. The van der Waals surface area contributed by atoms with Crippen molar-refractivity contribution in [2.75, 3.05) is 32.7 Å². The van der Waals surface area contributed by atoms with Gasteiger partial charge in [-0.2, -0.15) is 0 Å². The molecule has 98 valence electrons. The minimum Gasteiger partial charge on any atom is -0.316 e. The van der Waals surface area contributed by atoms with Gasteiger partial charge in [0.2, 0.25) is 0 Å². The Morgan fingerprint density at radius 1 is 0.588 bits per heavy atom. The molecule has 2 heteroatoms. The molecule has 0 spiro atoms. The van der Waals surface area contributed by atoms with Gasteiger partial charge in [-0.1, -0.05) is 0 Å². The number of hydrogen-bond donors (Lipinski definition) is 1. The topological polar surface area (TPSA) is 15.3 Å². The molecule has 0 unspecified atom stereocenters. The van der Waals surface area contributed by atoms with Crippen LogP contribution in [-0.4, -0.2) is 37.6 Å². The van der Waals surface area contributed by atoms with Crippen LogP contribution in [-0.2, 0) is 0 Å². The molecule has 5 saturated heterocycles. The van der Waals surface area contributed by atoms with Gasteiger partial charge in [-0.15, -0.1) is 0 Å². The third-order valence-electron chi connectivity index (χ3n) is 5.39. The molecule has 0 radical (unpaired) electrons. The Morgan fingerprint density at radius 2 is 1.06 bits per heavy atom. The van der Waals surface area contributed by atoms with Crippen molar-refractivity contribution < 1.29 is 0 Å². The lowest BCUT2D eigenvalue weighted by atomic mass is 9.84. The van der Waals surface area contributed by atoms with Gasteiger partial charge in [-0.3, -0.25) is 0 Å². The summed E-state index contributed by atoms with van der Waals surface area (Å²) in [6, 6.07) is 0. The lowest BCUT2D eigenvalue weighted by Crippen LogP contribution is -2.41. The minimum absolute atomic E-state index is 1.03.